The van der Waals surface area contributed by atoms with E-state index in [2.05, 4.69) is 5.32 Å². The maximum absolute atomic E-state index is 11.2. The Morgan fingerprint density at radius 1 is 1.55 bits per heavy atom. The quantitative estimate of drug-likeness (QED) is 0.619. The van der Waals surface area contributed by atoms with E-state index in [1.54, 1.807) is 0 Å². The first-order chi connectivity index (χ1) is 4.87. The van der Waals surface area contributed by atoms with Gasteiger partial charge in [-0.2, -0.15) is 0 Å². The van der Waals surface area contributed by atoms with Crippen molar-refractivity contribution in [2.24, 2.45) is 5.73 Å². The van der Waals surface area contributed by atoms with Gasteiger partial charge in [-0.05, 0) is 27.2 Å². The summed E-state index contributed by atoms with van der Waals surface area (Å²) in [5.74, 6) is -0.0694. The molecule has 0 bridgehead atoms. The molecule has 3 N–H and O–H groups in total. The summed E-state index contributed by atoms with van der Waals surface area (Å²) in [6, 6.07) is -0.366. The second-order valence-corrected chi connectivity index (χ2v) is 3.75. The molecule has 0 rings (SSSR count). The summed E-state index contributed by atoms with van der Waals surface area (Å²) in [5, 5.41) is 2.81. The second kappa shape index (κ2) is 3.72. The molecule has 0 heterocycles. The normalized spacial score (nSPS) is 14.3. The molecule has 0 aliphatic carbocycles. The van der Waals surface area contributed by atoms with Crippen LogP contribution in [0, 0.1) is 0 Å². The van der Waals surface area contributed by atoms with Crippen LogP contribution in [0.25, 0.3) is 0 Å². The molecule has 0 radical (unpaired) electrons. The standard InChI is InChI=1S/C8H18N2O/c1-5-6(9)7(11)10-8(2,3)4/h6H,5,9H2,1-4H3,(H,10,11)/t6-/m0/s1. The first-order valence-electron chi connectivity index (χ1n) is 3.94. The van der Waals surface area contributed by atoms with Gasteiger partial charge in [0.25, 0.3) is 0 Å². The molecule has 0 aromatic rings. The smallest absolute Gasteiger partial charge is 0.237 e. The van der Waals surface area contributed by atoms with E-state index in [1.807, 2.05) is 27.7 Å². The largest absolute Gasteiger partial charge is 0.350 e. The lowest BCUT2D eigenvalue weighted by atomic mass is 10.1. The molecule has 3 nitrogen and oxygen atoms in total. The molecule has 0 unspecified atom stereocenters. The van der Waals surface area contributed by atoms with Crippen LogP contribution in [0.15, 0.2) is 0 Å². The Morgan fingerprint density at radius 3 is 2.27 bits per heavy atom. The first kappa shape index (κ1) is 10.4. The molecule has 0 spiro atoms. The number of carbonyl (C=O) groups is 1. The van der Waals surface area contributed by atoms with Crippen LogP contribution in [0.3, 0.4) is 0 Å². The van der Waals surface area contributed by atoms with Gasteiger partial charge in [-0.25, -0.2) is 0 Å². The van der Waals surface area contributed by atoms with Crippen LogP contribution in [-0.2, 0) is 4.79 Å². The van der Waals surface area contributed by atoms with Gasteiger partial charge in [0.1, 0.15) is 0 Å². The van der Waals surface area contributed by atoms with Gasteiger partial charge in [0.15, 0.2) is 0 Å². The molecule has 11 heavy (non-hydrogen) atoms. The molecule has 66 valence electrons. The number of nitrogens with one attached hydrogen (secondary N) is 1. The summed E-state index contributed by atoms with van der Waals surface area (Å²) in [5.41, 5.74) is 5.33. The second-order valence-electron chi connectivity index (χ2n) is 3.75. The van der Waals surface area contributed by atoms with Gasteiger partial charge in [0, 0.05) is 5.54 Å². The van der Waals surface area contributed by atoms with Crippen molar-refractivity contribution < 1.29 is 4.79 Å². The Bertz CT molecular complexity index is 138. The zero-order valence-electron chi connectivity index (χ0n) is 7.77. The molecule has 1 atom stereocenters. The van der Waals surface area contributed by atoms with E-state index in [0.717, 1.165) is 0 Å². The van der Waals surface area contributed by atoms with Crippen molar-refractivity contribution in [3.05, 3.63) is 0 Å². The highest BCUT2D eigenvalue weighted by atomic mass is 16.2. The molecular formula is C8H18N2O. The van der Waals surface area contributed by atoms with Crippen LogP contribution in [-0.4, -0.2) is 17.5 Å². The molecule has 0 fully saturated rings. The van der Waals surface area contributed by atoms with Crippen LogP contribution in [0.5, 0.6) is 0 Å². The van der Waals surface area contributed by atoms with E-state index in [0.29, 0.717) is 6.42 Å². The van der Waals surface area contributed by atoms with Crippen LogP contribution < -0.4 is 11.1 Å². The van der Waals surface area contributed by atoms with Crippen molar-refractivity contribution in [2.45, 2.75) is 45.7 Å². The fraction of sp³-hybridized carbons (Fsp3) is 0.875. The molecule has 0 aromatic heterocycles. The predicted octanol–water partition coefficient (Wildman–Crippen LogP) is 0.638. The van der Waals surface area contributed by atoms with Gasteiger partial charge < -0.3 is 11.1 Å². The topological polar surface area (TPSA) is 55.1 Å². The lowest BCUT2D eigenvalue weighted by Gasteiger charge is -2.22. The monoisotopic (exact) mass is 158 g/mol. The summed E-state index contributed by atoms with van der Waals surface area (Å²) in [4.78, 5) is 11.2. The van der Waals surface area contributed by atoms with Gasteiger partial charge in [-0.1, -0.05) is 6.92 Å². The number of hydrogen-bond acceptors (Lipinski definition) is 2. The maximum Gasteiger partial charge on any atom is 0.237 e. The average Bonchev–Trinajstić information content (AvgIpc) is 1.82. The van der Waals surface area contributed by atoms with Crippen molar-refractivity contribution >= 4 is 5.91 Å². The fourth-order valence-electron chi connectivity index (χ4n) is 0.648. The Hall–Kier alpha value is -0.570. The molecule has 0 saturated heterocycles. The van der Waals surface area contributed by atoms with Gasteiger partial charge in [-0.15, -0.1) is 0 Å². The predicted molar refractivity (Wildman–Crippen MR) is 46.2 cm³/mol. The first-order valence-corrected chi connectivity index (χ1v) is 3.94. The number of rotatable bonds is 2. The molecule has 0 aromatic carbocycles. The lowest BCUT2D eigenvalue weighted by Crippen LogP contribution is -2.48. The van der Waals surface area contributed by atoms with E-state index in [9.17, 15) is 4.79 Å². The maximum atomic E-state index is 11.2. The highest BCUT2D eigenvalue weighted by Gasteiger charge is 2.17. The molecular weight excluding hydrogens is 140 g/mol. The number of nitrogens with two attached hydrogens (primary N) is 1. The van der Waals surface area contributed by atoms with Crippen LogP contribution in [0.1, 0.15) is 34.1 Å². The van der Waals surface area contributed by atoms with Crippen molar-refractivity contribution in [3.8, 4) is 0 Å². The van der Waals surface area contributed by atoms with Crippen LogP contribution in [0.4, 0.5) is 0 Å². The minimum absolute atomic E-state index is 0.0694. The fourth-order valence-corrected chi connectivity index (χ4v) is 0.648. The van der Waals surface area contributed by atoms with Crippen molar-refractivity contribution in [3.63, 3.8) is 0 Å². The minimum atomic E-state index is -0.366. The summed E-state index contributed by atoms with van der Waals surface area (Å²) < 4.78 is 0. The van der Waals surface area contributed by atoms with Crippen molar-refractivity contribution in [1.82, 2.24) is 5.32 Å². The number of hydrogen-bond donors (Lipinski definition) is 2. The zero-order chi connectivity index (χ0) is 9.07. The van der Waals surface area contributed by atoms with Crippen molar-refractivity contribution in [1.29, 1.82) is 0 Å². The van der Waals surface area contributed by atoms with Gasteiger partial charge in [0.2, 0.25) is 5.91 Å². The third-order valence-electron chi connectivity index (χ3n) is 1.27. The van der Waals surface area contributed by atoms with E-state index < -0.39 is 0 Å². The average molecular weight is 158 g/mol. The molecule has 0 saturated carbocycles. The molecule has 0 aliphatic rings. The highest BCUT2D eigenvalue weighted by molar-refractivity contribution is 5.81. The number of carbonyl (C=O) groups excluding carboxylic acids is 1. The molecule has 1 amide bonds. The van der Waals surface area contributed by atoms with Gasteiger partial charge in [0.05, 0.1) is 6.04 Å². The van der Waals surface area contributed by atoms with E-state index in [1.165, 1.54) is 0 Å². The summed E-state index contributed by atoms with van der Waals surface area (Å²) in [7, 11) is 0. The Labute approximate surface area is 68.3 Å². The lowest BCUT2D eigenvalue weighted by molar-refractivity contribution is -0.123. The Balaban J connectivity index is 3.88. The van der Waals surface area contributed by atoms with Gasteiger partial charge >= 0.3 is 0 Å². The van der Waals surface area contributed by atoms with Gasteiger partial charge in [-0.3, -0.25) is 4.79 Å². The Kier molecular flexibility index (Phi) is 3.52. The molecule has 3 heteroatoms. The molecule has 0 aliphatic heterocycles. The summed E-state index contributed by atoms with van der Waals surface area (Å²) >= 11 is 0. The van der Waals surface area contributed by atoms with E-state index in [4.69, 9.17) is 5.73 Å². The minimum Gasteiger partial charge on any atom is -0.350 e. The summed E-state index contributed by atoms with van der Waals surface area (Å²) in [6.07, 6.45) is 0.682. The third kappa shape index (κ3) is 4.79. The highest BCUT2D eigenvalue weighted by Crippen LogP contribution is 1.99. The summed E-state index contributed by atoms with van der Waals surface area (Å²) in [6.45, 7) is 7.71. The number of amides is 1. The zero-order valence-corrected chi connectivity index (χ0v) is 7.77. The van der Waals surface area contributed by atoms with E-state index >= 15 is 0 Å². The van der Waals surface area contributed by atoms with Crippen LogP contribution >= 0.6 is 0 Å². The Morgan fingerprint density at radius 2 is 2.00 bits per heavy atom. The SMILES string of the molecule is CC[C@H](N)C(=O)NC(C)(C)C. The van der Waals surface area contributed by atoms with Crippen molar-refractivity contribution in [2.75, 3.05) is 0 Å². The third-order valence-corrected chi connectivity index (χ3v) is 1.27. The van der Waals surface area contributed by atoms with E-state index in [-0.39, 0.29) is 17.5 Å². The van der Waals surface area contributed by atoms with Crippen LogP contribution in [0.2, 0.25) is 0 Å².